The summed E-state index contributed by atoms with van der Waals surface area (Å²) in [5.74, 6) is 0.131. The monoisotopic (exact) mass is 473 g/mol. The van der Waals surface area contributed by atoms with Crippen molar-refractivity contribution in [3.63, 3.8) is 0 Å². The maximum absolute atomic E-state index is 12.4. The van der Waals surface area contributed by atoms with Crippen molar-refractivity contribution in [2.24, 2.45) is 0 Å². The Morgan fingerprint density at radius 2 is 2.10 bits per heavy atom. The molecule has 0 saturated heterocycles. The van der Waals surface area contributed by atoms with Crippen molar-refractivity contribution in [3.8, 4) is 0 Å². The van der Waals surface area contributed by atoms with Crippen LogP contribution in [0.3, 0.4) is 0 Å². The molecule has 2 N–H and O–H groups in total. The first kappa shape index (κ1) is 21.6. The largest absolute Gasteiger partial charge is 0.330 e. The molecule has 31 heavy (non-hydrogen) atoms. The second kappa shape index (κ2) is 9.25. The predicted octanol–water partition coefficient (Wildman–Crippen LogP) is 4.88. The minimum atomic E-state index is -0.123. The molecular formula is C21H20ClN5O2S2. The van der Waals surface area contributed by atoms with E-state index in [1.807, 2.05) is 43.3 Å². The highest BCUT2D eigenvalue weighted by Gasteiger charge is 2.22. The Morgan fingerprint density at radius 3 is 2.90 bits per heavy atom. The van der Waals surface area contributed by atoms with Crippen LogP contribution in [0.1, 0.15) is 18.1 Å². The summed E-state index contributed by atoms with van der Waals surface area (Å²) in [6.45, 7) is 4.18. The maximum atomic E-state index is 12.4. The third kappa shape index (κ3) is 5.00. The summed E-state index contributed by atoms with van der Waals surface area (Å²) in [7, 11) is 0. The summed E-state index contributed by atoms with van der Waals surface area (Å²) in [6.07, 6.45) is 0.792. The zero-order valence-corrected chi connectivity index (χ0v) is 19.3. The molecule has 0 unspecified atom stereocenters. The lowest BCUT2D eigenvalue weighted by Crippen LogP contribution is -2.25. The van der Waals surface area contributed by atoms with Crippen LogP contribution in [0.15, 0.2) is 40.7 Å². The van der Waals surface area contributed by atoms with Gasteiger partial charge in [-0.15, -0.1) is 10.2 Å². The molecule has 0 bridgehead atoms. The normalized spacial score (nSPS) is 12.5. The van der Waals surface area contributed by atoms with Gasteiger partial charge in [-0.05, 0) is 54.8 Å². The third-order valence-electron chi connectivity index (χ3n) is 4.88. The molecule has 0 fully saturated rings. The Balaban J connectivity index is 1.32. The number of aromatic nitrogens is 2. The molecule has 0 aliphatic carbocycles. The highest BCUT2D eigenvalue weighted by atomic mass is 35.5. The topological polar surface area (TPSA) is 87.2 Å². The van der Waals surface area contributed by atoms with Gasteiger partial charge in [0.25, 0.3) is 0 Å². The number of carbonyl (C=O) groups excluding carboxylic acids is 2. The molecule has 2 heterocycles. The minimum Gasteiger partial charge on any atom is -0.330 e. The molecule has 1 aliphatic heterocycles. The van der Waals surface area contributed by atoms with Crippen LogP contribution < -0.4 is 15.5 Å². The molecule has 2 aromatic carbocycles. The van der Waals surface area contributed by atoms with Crippen LogP contribution in [0.25, 0.3) is 0 Å². The number of thioether (sulfide) groups is 1. The second-order valence-corrected chi connectivity index (χ2v) is 9.62. The van der Waals surface area contributed by atoms with Crippen LogP contribution in [0.5, 0.6) is 0 Å². The molecule has 0 spiro atoms. The van der Waals surface area contributed by atoms with Crippen LogP contribution in [0, 0.1) is 6.92 Å². The van der Waals surface area contributed by atoms with Crippen LogP contribution in [-0.4, -0.2) is 34.3 Å². The van der Waals surface area contributed by atoms with Crippen LogP contribution in [0.4, 0.5) is 22.2 Å². The van der Waals surface area contributed by atoms with E-state index in [2.05, 4.69) is 20.8 Å². The number of fused-ring (bicyclic) bond motifs is 1. The molecule has 1 aliphatic rings. The van der Waals surface area contributed by atoms with Crippen LogP contribution >= 0.6 is 34.7 Å². The smallest absolute Gasteiger partial charge is 0.234 e. The third-order valence-corrected chi connectivity index (χ3v) is 7.26. The number of hydrogen-bond donors (Lipinski definition) is 2. The van der Waals surface area contributed by atoms with E-state index in [1.165, 1.54) is 23.1 Å². The van der Waals surface area contributed by atoms with Gasteiger partial charge in [0, 0.05) is 35.6 Å². The summed E-state index contributed by atoms with van der Waals surface area (Å²) in [5, 5.41) is 15.7. The molecule has 4 rings (SSSR count). The van der Waals surface area contributed by atoms with E-state index >= 15 is 0 Å². The van der Waals surface area contributed by atoms with Gasteiger partial charge in [0.2, 0.25) is 16.9 Å². The van der Waals surface area contributed by atoms with E-state index in [0.29, 0.717) is 21.0 Å². The van der Waals surface area contributed by atoms with Crippen molar-refractivity contribution in [1.29, 1.82) is 0 Å². The van der Waals surface area contributed by atoms with E-state index in [0.717, 1.165) is 34.6 Å². The lowest BCUT2D eigenvalue weighted by atomic mass is 10.1. The quantitative estimate of drug-likeness (QED) is 0.496. The number of carbonyl (C=O) groups is 2. The zero-order chi connectivity index (χ0) is 22.0. The molecule has 7 nitrogen and oxygen atoms in total. The Labute approximate surface area is 193 Å². The fourth-order valence-corrected chi connectivity index (χ4v) is 5.05. The molecular weight excluding hydrogens is 454 g/mol. The highest BCUT2D eigenvalue weighted by Crippen LogP contribution is 2.32. The number of rotatable bonds is 6. The predicted molar refractivity (Wildman–Crippen MR) is 127 cm³/mol. The van der Waals surface area contributed by atoms with Gasteiger partial charge >= 0.3 is 0 Å². The summed E-state index contributed by atoms with van der Waals surface area (Å²) in [6, 6.07) is 11.3. The van der Waals surface area contributed by atoms with Crippen molar-refractivity contribution < 1.29 is 9.59 Å². The molecule has 0 saturated carbocycles. The Bertz CT molecular complexity index is 1150. The average Bonchev–Trinajstić information content (AvgIpc) is 3.36. The molecule has 160 valence electrons. The zero-order valence-electron chi connectivity index (χ0n) is 16.9. The van der Waals surface area contributed by atoms with E-state index < -0.39 is 0 Å². The van der Waals surface area contributed by atoms with E-state index in [4.69, 9.17) is 11.6 Å². The average molecular weight is 474 g/mol. The molecule has 3 aromatic rings. The fourth-order valence-electron chi connectivity index (χ4n) is 3.31. The van der Waals surface area contributed by atoms with Crippen molar-refractivity contribution in [3.05, 3.63) is 52.5 Å². The Kier molecular flexibility index (Phi) is 6.45. The number of benzene rings is 2. The SMILES string of the molecule is CC(=O)N1CCc2cc(NC(=O)CSc3nnc(Nc4cccc(Cl)c4C)s3)ccc21. The van der Waals surface area contributed by atoms with Crippen molar-refractivity contribution in [2.45, 2.75) is 24.6 Å². The van der Waals surface area contributed by atoms with Gasteiger partial charge in [0.05, 0.1) is 5.75 Å². The van der Waals surface area contributed by atoms with Gasteiger partial charge in [-0.1, -0.05) is 40.8 Å². The van der Waals surface area contributed by atoms with E-state index in [-0.39, 0.29) is 17.6 Å². The molecule has 0 radical (unpaired) electrons. The highest BCUT2D eigenvalue weighted by molar-refractivity contribution is 8.01. The van der Waals surface area contributed by atoms with E-state index in [1.54, 1.807) is 11.8 Å². The van der Waals surface area contributed by atoms with Gasteiger partial charge in [0.15, 0.2) is 4.34 Å². The lowest BCUT2D eigenvalue weighted by Gasteiger charge is -2.15. The summed E-state index contributed by atoms with van der Waals surface area (Å²) >= 11 is 8.86. The van der Waals surface area contributed by atoms with Crippen molar-refractivity contribution in [2.75, 3.05) is 27.8 Å². The van der Waals surface area contributed by atoms with E-state index in [9.17, 15) is 9.59 Å². The first-order valence-electron chi connectivity index (χ1n) is 9.60. The Hall–Kier alpha value is -2.62. The summed E-state index contributed by atoms with van der Waals surface area (Å²) in [4.78, 5) is 25.8. The number of nitrogens with one attached hydrogen (secondary N) is 2. The number of anilines is 4. The number of hydrogen-bond acceptors (Lipinski definition) is 7. The molecule has 1 aromatic heterocycles. The number of amides is 2. The van der Waals surface area contributed by atoms with Crippen LogP contribution in [-0.2, 0) is 16.0 Å². The maximum Gasteiger partial charge on any atom is 0.234 e. The van der Waals surface area contributed by atoms with Gasteiger partial charge in [-0.2, -0.15) is 0 Å². The van der Waals surface area contributed by atoms with Crippen molar-refractivity contribution >= 4 is 68.7 Å². The molecule has 0 atom stereocenters. The minimum absolute atomic E-state index is 0.0309. The molecule has 10 heteroatoms. The number of nitrogens with zero attached hydrogens (tertiary/aromatic N) is 3. The van der Waals surface area contributed by atoms with Crippen molar-refractivity contribution in [1.82, 2.24) is 10.2 Å². The number of halogens is 1. The summed E-state index contributed by atoms with van der Waals surface area (Å²) < 4.78 is 0.698. The molecule has 2 amide bonds. The van der Waals surface area contributed by atoms with Gasteiger partial charge in [-0.3, -0.25) is 9.59 Å². The van der Waals surface area contributed by atoms with Gasteiger partial charge in [0.1, 0.15) is 0 Å². The fraction of sp³-hybridized carbons (Fsp3) is 0.238. The first-order valence-corrected chi connectivity index (χ1v) is 11.8. The van der Waals surface area contributed by atoms with Gasteiger partial charge in [-0.25, -0.2) is 0 Å². The standard InChI is InChI=1S/C21H20ClN5O2S2/c1-12-16(22)4-3-5-17(12)24-20-25-26-21(31-20)30-11-19(29)23-15-6-7-18-14(10-15)8-9-27(18)13(2)28/h3-7,10H,8-9,11H2,1-2H3,(H,23,29)(H,24,25). The first-order chi connectivity index (χ1) is 14.9. The van der Waals surface area contributed by atoms with Gasteiger partial charge < -0.3 is 15.5 Å². The lowest BCUT2D eigenvalue weighted by molar-refractivity contribution is -0.116. The second-order valence-electron chi connectivity index (χ2n) is 7.01. The summed E-state index contributed by atoms with van der Waals surface area (Å²) in [5.41, 5.74) is 4.53. The Morgan fingerprint density at radius 1 is 1.26 bits per heavy atom. The van der Waals surface area contributed by atoms with Crippen LogP contribution in [0.2, 0.25) is 5.02 Å².